The molecule has 3 rings (SSSR count). The molecular weight excluding hydrogens is 229 g/mol. The fourth-order valence-electron chi connectivity index (χ4n) is 3.22. The van der Waals surface area contributed by atoms with Gasteiger partial charge in [-0.2, -0.15) is 0 Å². The Hall–Kier alpha value is -1.29. The first-order valence-electron chi connectivity index (χ1n) is 6.78. The lowest BCUT2D eigenvalue weighted by Gasteiger charge is -2.35. The fraction of sp³-hybridized carbons (Fsp3) is 0.571. The van der Waals surface area contributed by atoms with Gasteiger partial charge in [-0.15, -0.1) is 0 Å². The SMILES string of the molecule is Nc1ccc(NC2CCN3CCCC3C2)c(F)c1. The molecule has 2 atom stereocenters. The van der Waals surface area contributed by atoms with Crippen molar-refractivity contribution in [2.75, 3.05) is 24.1 Å². The number of fused-ring (bicyclic) bond motifs is 1. The molecule has 0 saturated carbocycles. The zero-order valence-electron chi connectivity index (χ0n) is 10.5. The van der Waals surface area contributed by atoms with E-state index in [-0.39, 0.29) is 5.82 Å². The van der Waals surface area contributed by atoms with E-state index in [1.807, 2.05) is 0 Å². The normalized spacial score (nSPS) is 28.1. The molecule has 2 aliphatic rings. The number of nitrogens with two attached hydrogens (primary N) is 1. The van der Waals surface area contributed by atoms with Crippen LogP contribution in [0.25, 0.3) is 0 Å². The van der Waals surface area contributed by atoms with E-state index < -0.39 is 0 Å². The molecule has 0 bridgehead atoms. The van der Waals surface area contributed by atoms with Crippen LogP contribution < -0.4 is 11.1 Å². The number of anilines is 2. The van der Waals surface area contributed by atoms with Crippen LogP contribution in [0, 0.1) is 5.82 Å². The first-order valence-corrected chi connectivity index (χ1v) is 6.78. The van der Waals surface area contributed by atoms with Crippen LogP contribution >= 0.6 is 0 Å². The van der Waals surface area contributed by atoms with Crippen LogP contribution in [-0.2, 0) is 0 Å². The van der Waals surface area contributed by atoms with Crippen molar-refractivity contribution in [1.29, 1.82) is 0 Å². The van der Waals surface area contributed by atoms with Crippen LogP contribution in [0.5, 0.6) is 0 Å². The summed E-state index contributed by atoms with van der Waals surface area (Å²) in [5.41, 5.74) is 6.62. The van der Waals surface area contributed by atoms with Crippen molar-refractivity contribution in [2.24, 2.45) is 0 Å². The van der Waals surface area contributed by atoms with E-state index in [4.69, 9.17) is 5.73 Å². The average molecular weight is 249 g/mol. The Morgan fingerprint density at radius 2 is 2.17 bits per heavy atom. The van der Waals surface area contributed by atoms with E-state index >= 15 is 0 Å². The number of halogens is 1. The number of benzene rings is 1. The molecule has 1 aromatic carbocycles. The van der Waals surface area contributed by atoms with Gasteiger partial charge in [-0.05, 0) is 50.4 Å². The van der Waals surface area contributed by atoms with E-state index in [1.165, 1.54) is 25.5 Å². The summed E-state index contributed by atoms with van der Waals surface area (Å²) >= 11 is 0. The summed E-state index contributed by atoms with van der Waals surface area (Å²) in [5, 5.41) is 3.33. The highest BCUT2D eigenvalue weighted by molar-refractivity contribution is 5.53. The molecule has 0 radical (unpaired) electrons. The molecule has 98 valence electrons. The molecule has 3 N–H and O–H groups in total. The molecule has 18 heavy (non-hydrogen) atoms. The highest BCUT2D eigenvalue weighted by atomic mass is 19.1. The van der Waals surface area contributed by atoms with Gasteiger partial charge in [0.05, 0.1) is 5.69 Å². The maximum absolute atomic E-state index is 13.7. The van der Waals surface area contributed by atoms with Crippen LogP contribution in [0.4, 0.5) is 15.8 Å². The van der Waals surface area contributed by atoms with Gasteiger partial charge in [-0.3, -0.25) is 0 Å². The van der Waals surface area contributed by atoms with E-state index in [0.29, 0.717) is 23.5 Å². The van der Waals surface area contributed by atoms with Gasteiger partial charge in [0.25, 0.3) is 0 Å². The van der Waals surface area contributed by atoms with Gasteiger partial charge >= 0.3 is 0 Å². The van der Waals surface area contributed by atoms with Gasteiger partial charge in [-0.25, -0.2) is 4.39 Å². The van der Waals surface area contributed by atoms with Crippen molar-refractivity contribution in [3.63, 3.8) is 0 Å². The monoisotopic (exact) mass is 249 g/mol. The minimum atomic E-state index is -0.246. The fourth-order valence-corrected chi connectivity index (χ4v) is 3.22. The summed E-state index contributed by atoms with van der Waals surface area (Å²) in [5.74, 6) is -0.246. The summed E-state index contributed by atoms with van der Waals surface area (Å²) in [4.78, 5) is 2.57. The zero-order chi connectivity index (χ0) is 12.5. The number of hydrogen-bond acceptors (Lipinski definition) is 3. The number of nitrogens with zero attached hydrogens (tertiary/aromatic N) is 1. The lowest BCUT2D eigenvalue weighted by atomic mass is 9.97. The minimum absolute atomic E-state index is 0.246. The predicted molar refractivity (Wildman–Crippen MR) is 72.1 cm³/mol. The summed E-state index contributed by atoms with van der Waals surface area (Å²) in [6, 6.07) is 5.96. The maximum atomic E-state index is 13.7. The molecule has 2 saturated heterocycles. The molecular formula is C14H20FN3. The largest absolute Gasteiger partial charge is 0.399 e. The number of rotatable bonds is 2. The topological polar surface area (TPSA) is 41.3 Å². The van der Waals surface area contributed by atoms with Crippen molar-refractivity contribution < 1.29 is 4.39 Å². The predicted octanol–water partition coefficient (Wildman–Crippen LogP) is 2.45. The highest BCUT2D eigenvalue weighted by Gasteiger charge is 2.31. The Bertz CT molecular complexity index is 435. The van der Waals surface area contributed by atoms with E-state index in [9.17, 15) is 4.39 Å². The van der Waals surface area contributed by atoms with Crippen molar-refractivity contribution >= 4 is 11.4 Å². The first-order chi connectivity index (χ1) is 8.72. The minimum Gasteiger partial charge on any atom is -0.399 e. The third-order valence-corrected chi connectivity index (χ3v) is 4.17. The van der Waals surface area contributed by atoms with Gasteiger partial charge in [0, 0.05) is 24.3 Å². The van der Waals surface area contributed by atoms with Gasteiger partial charge < -0.3 is 16.0 Å². The second-order valence-electron chi connectivity index (χ2n) is 5.44. The van der Waals surface area contributed by atoms with Crippen molar-refractivity contribution in [3.05, 3.63) is 24.0 Å². The number of nitrogen functional groups attached to an aromatic ring is 1. The van der Waals surface area contributed by atoms with Crippen LogP contribution in [0.15, 0.2) is 18.2 Å². The number of hydrogen-bond donors (Lipinski definition) is 2. The molecule has 2 heterocycles. The van der Waals surface area contributed by atoms with Crippen molar-refractivity contribution in [1.82, 2.24) is 4.90 Å². The van der Waals surface area contributed by atoms with E-state index in [2.05, 4.69) is 10.2 Å². The van der Waals surface area contributed by atoms with Gasteiger partial charge in [-0.1, -0.05) is 0 Å². The maximum Gasteiger partial charge on any atom is 0.148 e. The number of nitrogens with one attached hydrogen (secondary N) is 1. The second kappa shape index (κ2) is 4.76. The Labute approximate surface area is 107 Å². The molecule has 0 aliphatic carbocycles. The van der Waals surface area contributed by atoms with Crippen LogP contribution in [0.1, 0.15) is 25.7 Å². The first kappa shape index (κ1) is 11.8. The quantitative estimate of drug-likeness (QED) is 0.791. The lowest BCUT2D eigenvalue weighted by molar-refractivity contribution is 0.188. The molecule has 2 aliphatic heterocycles. The highest BCUT2D eigenvalue weighted by Crippen LogP contribution is 2.29. The third-order valence-electron chi connectivity index (χ3n) is 4.17. The van der Waals surface area contributed by atoms with Crippen LogP contribution in [0.3, 0.4) is 0 Å². The summed E-state index contributed by atoms with van der Waals surface area (Å²) in [6.07, 6.45) is 4.83. The van der Waals surface area contributed by atoms with Crippen LogP contribution in [-0.4, -0.2) is 30.1 Å². The zero-order valence-corrected chi connectivity index (χ0v) is 10.5. The second-order valence-corrected chi connectivity index (χ2v) is 5.44. The Morgan fingerprint density at radius 1 is 1.28 bits per heavy atom. The van der Waals surface area contributed by atoms with Crippen molar-refractivity contribution in [2.45, 2.75) is 37.8 Å². The molecule has 0 aromatic heterocycles. The molecule has 0 spiro atoms. The lowest BCUT2D eigenvalue weighted by Crippen LogP contribution is -2.42. The smallest absolute Gasteiger partial charge is 0.148 e. The van der Waals surface area contributed by atoms with Crippen LogP contribution in [0.2, 0.25) is 0 Å². The summed E-state index contributed by atoms with van der Waals surface area (Å²) < 4.78 is 13.7. The average Bonchev–Trinajstić information content (AvgIpc) is 2.80. The Kier molecular flexibility index (Phi) is 3.12. The number of piperidine rings is 1. The summed E-state index contributed by atoms with van der Waals surface area (Å²) in [7, 11) is 0. The third kappa shape index (κ3) is 2.29. The van der Waals surface area contributed by atoms with Gasteiger partial charge in [0.15, 0.2) is 0 Å². The van der Waals surface area contributed by atoms with Gasteiger partial charge in [0.2, 0.25) is 0 Å². The van der Waals surface area contributed by atoms with Crippen molar-refractivity contribution in [3.8, 4) is 0 Å². The van der Waals surface area contributed by atoms with E-state index in [1.54, 1.807) is 12.1 Å². The molecule has 3 nitrogen and oxygen atoms in total. The van der Waals surface area contributed by atoms with Gasteiger partial charge in [0.1, 0.15) is 5.82 Å². The molecule has 2 unspecified atom stereocenters. The molecule has 2 fully saturated rings. The Balaban J connectivity index is 1.66. The Morgan fingerprint density at radius 3 is 3.00 bits per heavy atom. The molecule has 0 amide bonds. The molecule has 4 heteroatoms. The van der Waals surface area contributed by atoms with E-state index in [0.717, 1.165) is 19.4 Å². The summed E-state index contributed by atoms with van der Waals surface area (Å²) in [6.45, 7) is 2.38. The standard InChI is InChI=1S/C14H20FN3/c15-13-8-10(16)3-4-14(13)17-11-5-7-18-6-1-2-12(18)9-11/h3-4,8,11-12,17H,1-2,5-7,9,16H2. The molecule has 1 aromatic rings.